The van der Waals surface area contributed by atoms with Gasteiger partial charge in [-0.25, -0.2) is 4.39 Å². The smallest absolute Gasteiger partial charge is 0.266 e. The van der Waals surface area contributed by atoms with Gasteiger partial charge in [-0.2, -0.15) is 4.98 Å². The molecule has 1 saturated heterocycles. The van der Waals surface area contributed by atoms with Crippen molar-refractivity contribution in [3.8, 4) is 11.5 Å². The molecule has 1 aromatic carbocycles. The molecule has 1 aromatic heterocycles. The summed E-state index contributed by atoms with van der Waals surface area (Å²) in [5.74, 6) is 0.467. The van der Waals surface area contributed by atoms with E-state index in [1.807, 2.05) is 0 Å². The molecule has 1 aliphatic rings. The second-order valence-electron chi connectivity index (χ2n) is 4.93. The topological polar surface area (TPSA) is 71.4 Å². The summed E-state index contributed by atoms with van der Waals surface area (Å²) in [4.78, 5) is 8.67. The van der Waals surface area contributed by atoms with Gasteiger partial charge < -0.3 is 20.1 Å². The molecule has 6 nitrogen and oxygen atoms in total. The summed E-state index contributed by atoms with van der Waals surface area (Å²) in [6, 6.07) is 4.37. The minimum absolute atomic E-state index is 0.0712. The number of nitrogens with two attached hydrogens (primary N) is 1. The summed E-state index contributed by atoms with van der Waals surface area (Å²) < 4.78 is 18.4. The van der Waals surface area contributed by atoms with Crippen LogP contribution < -0.4 is 10.6 Å². The minimum atomic E-state index is -0.451. The van der Waals surface area contributed by atoms with E-state index < -0.39 is 5.82 Å². The van der Waals surface area contributed by atoms with Crippen LogP contribution in [0.3, 0.4) is 0 Å². The molecule has 2 N–H and O–H groups in total. The Bertz CT molecular complexity index is 607. The molecule has 1 aliphatic heterocycles. The van der Waals surface area contributed by atoms with Gasteiger partial charge in [0.1, 0.15) is 5.82 Å². The van der Waals surface area contributed by atoms with Gasteiger partial charge in [0.05, 0.1) is 5.69 Å². The van der Waals surface area contributed by atoms with Crippen LogP contribution in [0.4, 0.5) is 16.0 Å². The number of nitrogen functional groups attached to an aromatic ring is 1. The van der Waals surface area contributed by atoms with Gasteiger partial charge in [0, 0.05) is 31.7 Å². The van der Waals surface area contributed by atoms with Gasteiger partial charge in [0.2, 0.25) is 0 Å². The van der Waals surface area contributed by atoms with Gasteiger partial charge in [0.15, 0.2) is 0 Å². The van der Waals surface area contributed by atoms with Crippen LogP contribution in [0, 0.1) is 5.82 Å². The molecule has 7 heteroatoms. The average Bonchev–Trinajstić information content (AvgIpc) is 2.92. The number of anilines is 2. The Balaban J connectivity index is 1.81. The Morgan fingerprint density at radius 1 is 1.25 bits per heavy atom. The lowest BCUT2D eigenvalue weighted by atomic mass is 10.2. The summed E-state index contributed by atoms with van der Waals surface area (Å²) in [5, 5.41) is 3.98. The molecule has 2 aromatic rings. The van der Waals surface area contributed by atoms with Crippen LogP contribution in [0.2, 0.25) is 0 Å². The van der Waals surface area contributed by atoms with Crippen molar-refractivity contribution in [1.82, 2.24) is 15.0 Å². The first-order valence-corrected chi connectivity index (χ1v) is 6.46. The van der Waals surface area contributed by atoms with Gasteiger partial charge in [-0.1, -0.05) is 0 Å². The number of hydrogen-bond acceptors (Lipinski definition) is 6. The first-order chi connectivity index (χ1) is 9.63. The van der Waals surface area contributed by atoms with E-state index in [0.29, 0.717) is 17.4 Å². The Labute approximate surface area is 116 Å². The molecular weight excluding hydrogens is 261 g/mol. The van der Waals surface area contributed by atoms with Crippen molar-refractivity contribution in [2.24, 2.45) is 0 Å². The third-order valence-electron chi connectivity index (χ3n) is 3.44. The summed E-state index contributed by atoms with van der Waals surface area (Å²) in [5.41, 5.74) is 6.24. The van der Waals surface area contributed by atoms with Crippen molar-refractivity contribution in [2.75, 3.05) is 43.9 Å². The third-order valence-corrected chi connectivity index (χ3v) is 3.44. The average molecular weight is 277 g/mol. The van der Waals surface area contributed by atoms with Crippen LogP contribution in [-0.4, -0.2) is 48.3 Å². The number of aromatic nitrogens is 2. The fourth-order valence-electron chi connectivity index (χ4n) is 2.14. The molecule has 0 amide bonds. The van der Waals surface area contributed by atoms with E-state index in [0.717, 1.165) is 26.2 Å². The maximum absolute atomic E-state index is 13.1. The van der Waals surface area contributed by atoms with Crippen LogP contribution in [0.1, 0.15) is 0 Å². The van der Waals surface area contributed by atoms with E-state index in [4.69, 9.17) is 10.3 Å². The molecule has 20 heavy (non-hydrogen) atoms. The molecule has 1 fully saturated rings. The van der Waals surface area contributed by atoms with Crippen LogP contribution in [0.5, 0.6) is 0 Å². The fraction of sp³-hybridized carbons (Fsp3) is 0.385. The zero-order valence-corrected chi connectivity index (χ0v) is 11.2. The quantitative estimate of drug-likeness (QED) is 0.832. The minimum Gasteiger partial charge on any atom is -0.396 e. The Hall–Kier alpha value is -2.15. The van der Waals surface area contributed by atoms with Crippen molar-refractivity contribution < 1.29 is 8.91 Å². The zero-order chi connectivity index (χ0) is 14.1. The van der Waals surface area contributed by atoms with Gasteiger partial charge >= 0.3 is 0 Å². The highest BCUT2D eigenvalue weighted by molar-refractivity contribution is 5.61. The summed E-state index contributed by atoms with van der Waals surface area (Å²) in [7, 11) is 2.08. The van der Waals surface area contributed by atoms with Gasteiger partial charge in [-0.3, -0.25) is 0 Å². The Kier molecular flexibility index (Phi) is 3.27. The number of rotatable bonds is 2. The Morgan fingerprint density at radius 3 is 2.70 bits per heavy atom. The molecule has 0 spiro atoms. The van der Waals surface area contributed by atoms with E-state index >= 15 is 0 Å². The molecule has 0 saturated carbocycles. The van der Waals surface area contributed by atoms with Crippen LogP contribution in [0.25, 0.3) is 11.5 Å². The predicted octanol–water partition coefficient (Wildman–Crippen LogP) is 1.21. The Morgan fingerprint density at radius 2 is 2.00 bits per heavy atom. The largest absolute Gasteiger partial charge is 0.396 e. The SMILES string of the molecule is CN1CCN(c2noc(-c3ccc(F)c(N)c3)n2)CC1. The van der Waals surface area contributed by atoms with Crippen molar-refractivity contribution in [2.45, 2.75) is 0 Å². The second-order valence-corrected chi connectivity index (χ2v) is 4.93. The summed E-state index contributed by atoms with van der Waals surface area (Å²) >= 11 is 0. The van der Waals surface area contributed by atoms with E-state index in [1.54, 1.807) is 6.07 Å². The molecule has 0 unspecified atom stereocenters. The molecule has 3 rings (SSSR count). The van der Waals surface area contributed by atoms with Gasteiger partial charge in [-0.05, 0) is 30.4 Å². The second kappa shape index (κ2) is 5.09. The van der Waals surface area contributed by atoms with Crippen molar-refractivity contribution >= 4 is 11.6 Å². The van der Waals surface area contributed by atoms with E-state index in [-0.39, 0.29) is 5.69 Å². The number of nitrogens with zero attached hydrogens (tertiary/aromatic N) is 4. The predicted molar refractivity (Wildman–Crippen MR) is 73.8 cm³/mol. The van der Waals surface area contributed by atoms with E-state index in [1.165, 1.54) is 12.1 Å². The van der Waals surface area contributed by atoms with Crippen LogP contribution in [0.15, 0.2) is 22.7 Å². The number of hydrogen-bond donors (Lipinski definition) is 1. The van der Waals surface area contributed by atoms with Crippen molar-refractivity contribution in [3.63, 3.8) is 0 Å². The number of benzene rings is 1. The normalized spacial score (nSPS) is 16.6. The molecular formula is C13H16FN5O. The lowest BCUT2D eigenvalue weighted by molar-refractivity contribution is 0.309. The molecule has 0 bridgehead atoms. The number of halogens is 1. The van der Waals surface area contributed by atoms with E-state index in [9.17, 15) is 4.39 Å². The van der Waals surface area contributed by atoms with Gasteiger partial charge in [0.25, 0.3) is 11.8 Å². The first kappa shape index (κ1) is 12.9. The molecule has 2 heterocycles. The van der Waals surface area contributed by atoms with Crippen molar-refractivity contribution in [1.29, 1.82) is 0 Å². The standard InChI is InChI=1S/C13H16FN5O/c1-18-4-6-19(7-5-18)13-16-12(20-17-13)9-2-3-10(14)11(15)8-9/h2-3,8H,4-7,15H2,1H3. The lowest BCUT2D eigenvalue weighted by Gasteiger charge is -2.31. The molecule has 0 atom stereocenters. The molecule has 0 radical (unpaired) electrons. The van der Waals surface area contributed by atoms with Crippen LogP contribution in [-0.2, 0) is 0 Å². The van der Waals surface area contributed by atoms with E-state index in [2.05, 4.69) is 27.0 Å². The summed E-state index contributed by atoms with van der Waals surface area (Å²) in [6.07, 6.45) is 0. The third kappa shape index (κ3) is 2.44. The van der Waals surface area contributed by atoms with Crippen molar-refractivity contribution in [3.05, 3.63) is 24.0 Å². The van der Waals surface area contributed by atoms with Gasteiger partial charge in [-0.15, -0.1) is 0 Å². The highest BCUT2D eigenvalue weighted by Gasteiger charge is 2.19. The lowest BCUT2D eigenvalue weighted by Crippen LogP contribution is -2.44. The molecule has 106 valence electrons. The number of likely N-dealkylation sites (N-methyl/N-ethyl adjacent to an activating group) is 1. The van der Waals surface area contributed by atoms with Crippen LogP contribution >= 0.6 is 0 Å². The fourth-order valence-corrected chi connectivity index (χ4v) is 2.14. The molecule has 0 aliphatic carbocycles. The monoisotopic (exact) mass is 277 g/mol. The maximum atomic E-state index is 13.1. The first-order valence-electron chi connectivity index (χ1n) is 6.46. The maximum Gasteiger partial charge on any atom is 0.266 e. The highest BCUT2D eigenvalue weighted by Crippen LogP contribution is 2.24. The number of piperazine rings is 1. The summed E-state index contributed by atoms with van der Waals surface area (Å²) in [6.45, 7) is 3.66. The zero-order valence-electron chi connectivity index (χ0n) is 11.2. The highest BCUT2D eigenvalue weighted by atomic mass is 19.1.